The number of nitrogens with one attached hydrogen (secondary N) is 1. The molecule has 144 valence electrons. The van der Waals surface area contributed by atoms with Gasteiger partial charge in [-0.3, -0.25) is 9.59 Å². The molecule has 0 bridgehead atoms. The first kappa shape index (κ1) is 20.5. The molecule has 0 unspecified atom stereocenters. The van der Waals surface area contributed by atoms with Gasteiger partial charge >= 0.3 is 11.9 Å². The van der Waals surface area contributed by atoms with Crippen LogP contribution in [-0.2, 0) is 22.4 Å². The summed E-state index contributed by atoms with van der Waals surface area (Å²) in [6.07, 6.45) is 1.63. The minimum atomic E-state index is -1.08. The average Bonchev–Trinajstić information content (AvgIpc) is 2.76. The van der Waals surface area contributed by atoms with Crippen molar-refractivity contribution >= 4 is 29.2 Å². The molecule has 26 heavy (non-hydrogen) atoms. The van der Waals surface area contributed by atoms with Gasteiger partial charge in [0.1, 0.15) is 0 Å². The highest BCUT2D eigenvalue weighted by Gasteiger charge is 2.36. The van der Waals surface area contributed by atoms with Gasteiger partial charge in [-0.15, -0.1) is 0 Å². The van der Waals surface area contributed by atoms with E-state index >= 15 is 0 Å². The zero-order valence-corrected chi connectivity index (χ0v) is 16.1. The highest BCUT2D eigenvalue weighted by atomic mass is 35.5. The van der Waals surface area contributed by atoms with Gasteiger partial charge in [0.05, 0.1) is 23.6 Å². The van der Waals surface area contributed by atoms with Gasteiger partial charge in [-0.1, -0.05) is 31.5 Å². The first-order chi connectivity index (χ1) is 12.2. The van der Waals surface area contributed by atoms with Crippen molar-refractivity contribution in [2.24, 2.45) is 5.41 Å². The molecule has 3 N–H and O–H groups in total. The molecule has 1 aromatic rings. The first-order valence-corrected chi connectivity index (χ1v) is 9.27. The molecule has 6 nitrogen and oxygen atoms in total. The molecule has 3 rings (SSSR count). The summed E-state index contributed by atoms with van der Waals surface area (Å²) in [4.78, 5) is 21.7. The smallest absolute Gasteiger partial charge is 0.303 e. The van der Waals surface area contributed by atoms with Crippen LogP contribution in [-0.4, -0.2) is 48.3 Å². The van der Waals surface area contributed by atoms with Crippen LogP contribution >= 0.6 is 11.6 Å². The Morgan fingerprint density at radius 2 is 1.69 bits per heavy atom. The molecule has 0 aliphatic carbocycles. The van der Waals surface area contributed by atoms with Gasteiger partial charge in [-0.25, -0.2) is 0 Å². The van der Waals surface area contributed by atoms with E-state index in [1.165, 1.54) is 16.8 Å². The Kier molecular flexibility index (Phi) is 6.89. The summed E-state index contributed by atoms with van der Waals surface area (Å²) in [7, 11) is 0. The topological polar surface area (TPSA) is 89.9 Å². The molecule has 1 fully saturated rings. The Morgan fingerprint density at radius 3 is 2.23 bits per heavy atom. The molecular formula is C19H27ClN2O4. The third kappa shape index (κ3) is 5.61. The standard InChI is InChI=1S/C15H21ClN2.C4H6O4/c1-15(2)9-18(10-15)14-12-6-8-17-7-5-11(12)3-4-13(14)16;5-3(6)1-2-4(7)8/h3-4,17H,5-10H2,1-2H3;1-2H2,(H,5,6)(H,7,8). The van der Waals surface area contributed by atoms with Crippen molar-refractivity contribution < 1.29 is 19.8 Å². The molecule has 1 saturated heterocycles. The highest BCUT2D eigenvalue weighted by molar-refractivity contribution is 6.33. The van der Waals surface area contributed by atoms with Gasteiger partial charge < -0.3 is 20.4 Å². The van der Waals surface area contributed by atoms with Gasteiger partial charge in [-0.2, -0.15) is 0 Å². The fourth-order valence-electron chi connectivity index (χ4n) is 3.43. The molecular weight excluding hydrogens is 356 g/mol. The molecule has 0 spiro atoms. The van der Waals surface area contributed by atoms with Gasteiger partial charge in [0.25, 0.3) is 0 Å². The second kappa shape index (κ2) is 8.73. The van der Waals surface area contributed by atoms with Gasteiger partial charge in [0.2, 0.25) is 0 Å². The number of carboxylic acid groups (broad SMARTS) is 2. The van der Waals surface area contributed by atoms with E-state index < -0.39 is 11.9 Å². The predicted molar refractivity (Wildman–Crippen MR) is 102 cm³/mol. The lowest BCUT2D eigenvalue weighted by molar-refractivity contribution is -0.143. The highest BCUT2D eigenvalue weighted by Crippen LogP contribution is 2.41. The van der Waals surface area contributed by atoms with Crippen LogP contribution in [0.5, 0.6) is 0 Å². The number of rotatable bonds is 4. The summed E-state index contributed by atoms with van der Waals surface area (Å²) < 4.78 is 0. The van der Waals surface area contributed by atoms with Crippen LogP contribution in [0, 0.1) is 5.41 Å². The summed E-state index contributed by atoms with van der Waals surface area (Å²) in [5.74, 6) is -2.15. The molecule has 0 atom stereocenters. The quantitative estimate of drug-likeness (QED) is 0.741. The van der Waals surface area contributed by atoms with Crippen molar-refractivity contribution in [3.63, 3.8) is 0 Å². The number of aliphatic carboxylic acids is 2. The third-order valence-corrected chi connectivity index (χ3v) is 4.87. The minimum Gasteiger partial charge on any atom is -0.481 e. The van der Waals surface area contributed by atoms with E-state index in [2.05, 4.69) is 36.2 Å². The third-order valence-electron chi connectivity index (χ3n) is 4.56. The second-order valence-electron chi connectivity index (χ2n) is 7.59. The molecule has 0 aromatic heterocycles. The Balaban J connectivity index is 0.000000260. The summed E-state index contributed by atoms with van der Waals surface area (Å²) in [6.45, 7) is 9.03. The van der Waals surface area contributed by atoms with Crippen LogP contribution in [0.1, 0.15) is 37.8 Å². The number of hydrogen-bond acceptors (Lipinski definition) is 4. The Labute approximate surface area is 159 Å². The van der Waals surface area contributed by atoms with Crippen molar-refractivity contribution in [3.05, 3.63) is 28.3 Å². The fourth-order valence-corrected chi connectivity index (χ4v) is 3.72. The molecule has 2 aliphatic heterocycles. The van der Waals surface area contributed by atoms with Crippen molar-refractivity contribution in [1.29, 1.82) is 0 Å². The normalized spacial score (nSPS) is 17.9. The summed E-state index contributed by atoms with van der Waals surface area (Å²) >= 11 is 6.45. The van der Waals surface area contributed by atoms with Crippen LogP contribution in [0.25, 0.3) is 0 Å². The Bertz CT molecular complexity index is 654. The van der Waals surface area contributed by atoms with Crippen molar-refractivity contribution in [2.45, 2.75) is 39.5 Å². The molecule has 2 aliphatic rings. The maximum Gasteiger partial charge on any atom is 0.303 e. The van der Waals surface area contributed by atoms with Crippen LogP contribution in [0.2, 0.25) is 5.02 Å². The number of benzene rings is 1. The van der Waals surface area contributed by atoms with Crippen LogP contribution in [0.3, 0.4) is 0 Å². The molecule has 0 radical (unpaired) electrons. The number of fused-ring (bicyclic) bond motifs is 1. The fraction of sp³-hybridized carbons (Fsp3) is 0.579. The lowest BCUT2D eigenvalue weighted by atomic mass is 9.83. The number of halogens is 1. The molecule has 0 saturated carbocycles. The van der Waals surface area contributed by atoms with Crippen LogP contribution in [0.4, 0.5) is 5.69 Å². The first-order valence-electron chi connectivity index (χ1n) is 8.89. The predicted octanol–water partition coefficient (Wildman–Crippen LogP) is 2.81. The van der Waals surface area contributed by atoms with E-state index in [1.807, 2.05) is 0 Å². The lowest BCUT2D eigenvalue weighted by Crippen LogP contribution is -2.53. The van der Waals surface area contributed by atoms with E-state index in [9.17, 15) is 9.59 Å². The zero-order valence-electron chi connectivity index (χ0n) is 15.3. The van der Waals surface area contributed by atoms with E-state index in [1.54, 1.807) is 0 Å². The van der Waals surface area contributed by atoms with Gasteiger partial charge in [0, 0.05) is 13.1 Å². The van der Waals surface area contributed by atoms with Crippen molar-refractivity contribution in [3.8, 4) is 0 Å². The Morgan fingerprint density at radius 1 is 1.12 bits per heavy atom. The summed E-state index contributed by atoms with van der Waals surface area (Å²) in [6, 6.07) is 4.28. The summed E-state index contributed by atoms with van der Waals surface area (Å²) in [5, 5.41) is 20.2. The number of carbonyl (C=O) groups is 2. The van der Waals surface area contributed by atoms with E-state index in [-0.39, 0.29) is 12.8 Å². The molecule has 1 aromatic carbocycles. The second-order valence-corrected chi connectivity index (χ2v) is 8.00. The van der Waals surface area contributed by atoms with E-state index in [0.717, 1.165) is 44.0 Å². The zero-order chi connectivity index (χ0) is 19.3. The molecule has 2 heterocycles. The van der Waals surface area contributed by atoms with Gasteiger partial charge in [-0.05, 0) is 48.5 Å². The maximum atomic E-state index is 9.64. The number of anilines is 1. The van der Waals surface area contributed by atoms with Gasteiger partial charge in [0.15, 0.2) is 0 Å². The number of nitrogens with zero attached hydrogens (tertiary/aromatic N) is 1. The Hall–Kier alpha value is -1.79. The minimum absolute atomic E-state index is 0.296. The largest absolute Gasteiger partial charge is 0.481 e. The van der Waals surface area contributed by atoms with Crippen molar-refractivity contribution in [1.82, 2.24) is 5.32 Å². The molecule has 0 amide bonds. The summed E-state index contributed by atoms with van der Waals surface area (Å²) in [5.41, 5.74) is 4.69. The van der Waals surface area contributed by atoms with Crippen molar-refractivity contribution in [2.75, 3.05) is 31.1 Å². The number of hydrogen-bond donors (Lipinski definition) is 3. The maximum absolute atomic E-state index is 9.64. The SMILES string of the molecule is CC1(C)CN(c2c(Cl)ccc3c2CCNCC3)C1.O=C(O)CCC(=O)O. The number of carboxylic acids is 2. The lowest BCUT2D eigenvalue weighted by Gasteiger charge is -2.48. The van der Waals surface area contributed by atoms with Crippen LogP contribution < -0.4 is 10.2 Å². The average molecular weight is 383 g/mol. The van der Waals surface area contributed by atoms with Crippen LogP contribution in [0.15, 0.2) is 12.1 Å². The van der Waals surface area contributed by atoms with E-state index in [0.29, 0.717) is 5.41 Å². The monoisotopic (exact) mass is 382 g/mol. The van der Waals surface area contributed by atoms with E-state index in [4.69, 9.17) is 21.8 Å². The molecule has 7 heteroatoms.